The zero-order valence-electron chi connectivity index (χ0n) is 11.6. The smallest absolute Gasteiger partial charge is 0.123 e. The zero-order valence-corrected chi connectivity index (χ0v) is 11.6. The van der Waals surface area contributed by atoms with Crippen LogP contribution in [0.3, 0.4) is 0 Å². The summed E-state index contributed by atoms with van der Waals surface area (Å²) in [5.74, 6) is -0.207. The maximum atomic E-state index is 12.9. The van der Waals surface area contributed by atoms with Crippen molar-refractivity contribution in [2.75, 3.05) is 0 Å². The van der Waals surface area contributed by atoms with E-state index >= 15 is 0 Å². The number of benzene rings is 1. The van der Waals surface area contributed by atoms with E-state index in [9.17, 15) is 4.39 Å². The fraction of sp³-hybridized carbons (Fsp3) is 0.400. The lowest BCUT2D eigenvalue weighted by Gasteiger charge is -2.02. The topological polar surface area (TPSA) is 12.9 Å². The molecule has 0 radical (unpaired) electrons. The van der Waals surface area contributed by atoms with Gasteiger partial charge in [-0.25, -0.2) is 4.39 Å². The highest BCUT2D eigenvalue weighted by atomic mass is 19.1. The molecular weight excluding hydrogens is 213 g/mol. The van der Waals surface area contributed by atoms with Crippen molar-refractivity contribution in [3.05, 3.63) is 41.3 Å². The highest BCUT2D eigenvalue weighted by Gasteiger charge is 2.00. The predicted molar refractivity (Wildman–Crippen MR) is 73.9 cm³/mol. The van der Waals surface area contributed by atoms with E-state index in [0.29, 0.717) is 0 Å². The van der Waals surface area contributed by atoms with Crippen LogP contribution < -0.4 is 0 Å². The average Bonchev–Trinajstić information content (AvgIpc) is 2.35. The summed E-state index contributed by atoms with van der Waals surface area (Å²) in [6.07, 6.45) is 0. The Kier molecular flexibility index (Phi) is 7.11. The molecule has 2 aromatic rings. The molecule has 0 amide bonds. The Balaban J connectivity index is 0.000000581. The van der Waals surface area contributed by atoms with Crippen LogP contribution in [0.2, 0.25) is 0 Å². The number of hydrogen-bond acceptors (Lipinski definition) is 1. The molecule has 2 rings (SSSR count). The molecule has 1 aromatic carbocycles. The number of hydrogen-bond donors (Lipinski definition) is 0. The van der Waals surface area contributed by atoms with Crippen molar-refractivity contribution < 1.29 is 4.39 Å². The Morgan fingerprint density at radius 1 is 0.941 bits per heavy atom. The van der Waals surface area contributed by atoms with E-state index in [1.165, 1.54) is 12.1 Å². The molecule has 0 saturated carbocycles. The maximum absolute atomic E-state index is 12.9. The number of rotatable bonds is 0. The van der Waals surface area contributed by atoms with Gasteiger partial charge in [0.25, 0.3) is 0 Å². The van der Waals surface area contributed by atoms with Gasteiger partial charge in [-0.1, -0.05) is 27.7 Å². The first-order valence-electron chi connectivity index (χ1n) is 6.20. The molecule has 17 heavy (non-hydrogen) atoms. The molecule has 0 spiro atoms. The van der Waals surface area contributed by atoms with Gasteiger partial charge < -0.3 is 0 Å². The largest absolute Gasteiger partial charge is 0.253 e. The molecule has 1 aromatic heterocycles. The first kappa shape index (κ1) is 15.6. The Bertz CT molecular complexity index is 464. The zero-order chi connectivity index (χ0) is 13.4. The Hall–Kier alpha value is -1.44. The normalized spacial score (nSPS) is 8.88. The van der Waals surface area contributed by atoms with Gasteiger partial charge in [-0.05, 0) is 43.7 Å². The van der Waals surface area contributed by atoms with E-state index in [2.05, 4.69) is 4.98 Å². The van der Waals surface area contributed by atoms with Gasteiger partial charge in [-0.15, -0.1) is 0 Å². The van der Waals surface area contributed by atoms with E-state index in [-0.39, 0.29) is 5.82 Å². The molecule has 0 saturated heterocycles. The highest BCUT2D eigenvalue weighted by molar-refractivity contribution is 5.82. The Morgan fingerprint density at radius 3 is 2.12 bits per heavy atom. The average molecular weight is 235 g/mol. The van der Waals surface area contributed by atoms with Crippen molar-refractivity contribution in [3.8, 4) is 0 Å². The molecule has 1 heterocycles. The summed E-state index contributed by atoms with van der Waals surface area (Å²) < 4.78 is 12.9. The summed E-state index contributed by atoms with van der Waals surface area (Å²) in [6, 6.07) is 6.64. The predicted octanol–water partition coefficient (Wildman–Crippen LogP) is 5.04. The van der Waals surface area contributed by atoms with Crippen molar-refractivity contribution in [1.29, 1.82) is 0 Å². The molecule has 0 bridgehead atoms. The summed E-state index contributed by atoms with van der Waals surface area (Å²) in [5, 5.41) is 0.894. The number of pyridine rings is 1. The molecule has 0 unspecified atom stereocenters. The van der Waals surface area contributed by atoms with E-state index in [4.69, 9.17) is 0 Å². The van der Waals surface area contributed by atoms with Crippen LogP contribution in [0.25, 0.3) is 10.9 Å². The van der Waals surface area contributed by atoms with E-state index in [1.54, 1.807) is 6.07 Å². The Morgan fingerprint density at radius 2 is 1.53 bits per heavy atom. The van der Waals surface area contributed by atoms with Crippen LogP contribution in [-0.2, 0) is 0 Å². The molecule has 1 nitrogen and oxygen atoms in total. The van der Waals surface area contributed by atoms with Gasteiger partial charge in [0.1, 0.15) is 5.82 Å². The first-order valence-corrected chi connectivity index (χ1v) is 6.20. The minimum Gasteiger partial charge on any atom is -0.253 e. The number of halogens is 1. The third-order valence-corrected chi connectivity index (χ3v) is 2.11. The monoisotopic (exact) mass is 235 g/mol. The fourth-order valence-corrected chi connectivity index (χ4v) is 1.53. The fourth-order valence-electron chi connectivity index (χ4n) is 1.53. The van der Waals surface area contributed by atoms with E-state index < -0.39 is 0 Å². The second kappa shape index (κ2) is 7.77. The van der Waals surface area contributed by atoms with Crippen LogP contribution in [-0.4, -0.2) is 4.98 Å². The molecular formula is C15H22FN. The van der Waals surface area contributed by atoms with Crippen LogP contribution in [0.15, 0.2) is 24.3 Å². The standard InChI is InChI=1S/C11H10FN.2C2H6/c1-7-5-8(2)13-11-4-3-9(12)6-10(7)11;2*1-2/h3-6H,1-2H3;2*1-2H3. The molecule has 0 fully saturated rings. The van der Waals surface area contributed by atoms with Gasteiger partial charge in [-0.2, -0.15) is 0 Å². The number of aromatic nitrogens is 1. The van der Waals surface area contributed by atoms with Crippen molar-refractivity contribution >= 4 is 10.9 Å². The third kappa shape index (κ3) is 4.14. The number of aryl methyl sites for hydroxylation is 2. The maximum Gasteiger partial charge on any atom is 0.123 e. The summed E-state index contributed by atoms with van der Waals surface area (Å²) in [4.78, 5) is 4.31. The van der Waals surface area contributed by atoms with Crippen LogP contribution in [0.4, 0.5) is 4.39 Å². The lowest BCUT2D eigenvalue weighted by Crippen LogP contribution is -1.87. The van der Waals surface area contributed by atoms with Crippen LogP contribution in [0.5, 0.6) is 0 Å². The van der Waals surface area contributed by atoms with Crippen molar-refractivity contribution in [3.63, 3.8) is 0 Å². The quantitative estimate of drug-likeness (QED) is 0.623. The summed E-state index contributed by atoms with van der Waals surface area (Å²) in [7, 11) is 0. The minimum atomic E-state index is -0.207. The molecule has 0 aliphatic carbocycles. The Labute approximate surface area is 104 Å². The van der Waals surface area contributed by atoms with Gasteiger partial charge in [0.15, 0.2) is 0 Å². The summed E-state index contributed by atoms with van der Waals surface area (Å²) >= 11 is 0. The van der Waals surface area contributed by atoms with Gasteiger partial charge in [0.05, 0.1) is 5.52 Å². The van der Waals surface area contributed by atoms with Gasteiger partial charge in [0, 0.05) is 11.1 Å². The molecule has 0 aliphatic heterocycles. The van der Waals surface area contributed by atoms with Gasteiger partial charge in [-0.3, -0.25) is 4.98 Å². The second-order valence-corrected chi connectivity index (χ2v) is 3.24. The lowest BCUT2D eigenvalue weighted by molar-refractivity contribution is 0.629. The first-order chi connectivity index (χ1) is 8.16. The van der Waals surface area contributed by atoms with Crippen LogP contribution >= 0.6 is 0 Å². The van der Waals surface area contributed by atoms with Crippen molar-refractivity contribution in [1.82, 2.24) is 4.98 Å². The molecule has 94 valence electrons. The third-order valence-electron chi connectivity index (χ3n) is 2.11. The van der Waals surface area contributed by atoms with E-state index in [0.717, 1.165) is 22.2 Å². The number of nitrogens with zero attached hydrogens (tertiary/aromatic N) is 1. The summed E-state index contributed by atoms with van der Waals surface area (Å²) in [6.45, 7) is 11.9. The van der Waals surface area contributed by atoms with E-state index in [1.807, 2.05) is 47.6 Å². The molecule has 2 heteroatoms. The second-order valence-electron chi connectivity index (χ2n) is 3.24. The van der Waals surface area contributed by atoms with Gasteiger partial charge >= 0.3 is 0 Å². The van der Waals surface area contributed by atoms with Crippen LogP contribution in [0.1, 0.15) is 39.0 Å². The number of fused-ring (bicyclic) bond motifs is 1. The van der Waals surface area contributed by atoms with Crippen molar-refractivity contribution in [2.45, 2.75) is 41.5 Å². The SMILES string of the molecule is CC.CC.Cc1cc(C)c2cc(F)ccc2n1. The lowest BCUT2D eigenvalue weighted by atomic mass is 10.1. The summed E-state index contributed by atoms with van der Waals surface area (Å²) in [5.41, 5.74) is 2.90. The highest BCUT2D eigenvalue weighted by Crippen LogP contribution is 2.18. The van der Waals surface area contributed by atoms with Gasteiger partial charge in [0.2, 0.25) is 0 Å². The minimum absolute atomic E-state index is 0.207. The molecule has 0 N–H and O–H groups in total. The van der Waals surface area contributed by atoms with Crippen molar-refractivity contribution in [2.24, 2.45) is 0 Å². The van der Waals surface area contributed by atoms with Crippen LogP contribution in [0, 0.1) is 19.7 Å². The molecule has 0 aliphatic rings. The molecule has 0 atom stereocenters.